The zero-order chi connectivity index (χ0) is 13.1. The van der Waals surface area contributed by atoms with Crippen LogP contribution in [0.5, 0.6) is 0 Å². The van der Waals surface area contributed by atoms with E-state index in [1.165, 1.54) is 12.1 Å². The van der Waals surface area contributed by atoms with Gasteiger partial charge in [0, 0.05) is 19.3 Å². The van der Waals surface area contributed by atoms with E-state index in [1.54, 1.807) is 11.9 Å². The van der Waals surface area contributed by atoms with E-state index in [-0.39, 0.29) is 6.61 Å². The summed E-state index contributed by atoms with van der Waals surface area (Å²) in [6, 6.07) is 5.10. The summed E-state index contributed by atoms with van der Waals surface area (Å²) in [7, 11) is -2.83. The van der Waals surface area contributed by atoms with Gasteiger partial charge in [0.1, 0.15) is 0 Å². The Balaban J connectivity index is 2.96. The van der Waals surface area contributed by atoms with Gasteiger partial charge in [-0.1, -0.05) is 0 Å². The van der Waals surface area contributed by atoms with E-state index in [0.29, 0.717) is 12.2 Å². The first-order chi connectivity index (χ1) is 7.89. The fourth-order valence-electron chi connectivity index (χ4n) is 1.27. The summed E-state index contributed by atoms with van der Waals surface area (Å²) in [5, 5.41) is 8.72. The summed E-state index contributed by atoms with van der Waals surface area (Å²) >= 11 is 0. The number of hydrogen-bond donors (Lipinski definition) is 1. The van der Waals surface area contributed by atoms with Crippen LogP contribution in [0.3, 0.4) is 0 Å². The van der Waals surface area contributed by atoms with E-state index in [1.807, 2.05) is 0 Å². The molecule has 0 fully saturated rings. The molecule has 1 aromatic carbocycles. The first-order valence-electron chi connectivity index (χ1n) is 4.83. The highest BCUT2D eigenvalue weighted by atomic mass is 32.2. The molecule has 0 aliphatic heterocycles. The van der Waals surface area contributed by atoms with Crippen LogP contribution in [0.2, 0.25) is 0 Å². The summed E-state index contributed by atoms with van der Waals surface area (Å²) in [6.45, 7) is 0.328. The smallest absolute Gasteiger partial charge is 0.341 e. The van der Waals surface area contributed by atoms with Gasteiger partial charge in [-0.05, 0) is 24.3 Å². The molecule has 1 rings (SSSR count). The Kier molecular flexibility index (Phi) is 4.41. The summed E-state index contributed by atoms with van der Waals surface area (Å²) in [5.41, 5.74) is 0.646. The van der Waals surface area contributed by atoms with Crippen molar-refractivity contribution in [1.29, 1.82) is 0 Å². The van der Waals surface area contributed by atoms with Crippen LogP contribution in [0.4, 0.5) is 14.5 Å². The molecule has 0 aliphatic carbocycles. The standard InChI is InChI=1S/C10H13F2NO3S/c1-13(6-7-14)8-2-4-9(5-3-8)17(15,16)10(11)12/h2-5,10,14H,6-7H2,1H3. The minimum atomic E-state index is -4.53. The number of aliphatic hydroxyl groups is 1. The van der Waals surface area contributed by atoms with Gasteiger partial charge in [0.15, 0.2) is 0 Å². The van der Waals surface area contributed by atoms with Gasteiger partial charge < -0.3 is 10.0 Å². The monoisotopic (exact) mass is 265 g/mol. The van der Waals surface area contributed by atoms with Gasteiger partial charge in [-0.15, -0.1) is 0 Å². The molecule has 0 unspecified atom stereocenters. The molecular weight excluding hydrogens is 252 g/mol. The van der Waals surface area contributed by atoms with Crippen molar-refractivity contribution < 1.29 is 22.3 Å². The van der Waals surface area contributed by atoms with Crippen molar-refractivity contribution in [2.75, 3.05) is 25.1 Å². The molecule has 0 saturated carbocycles. The Morgan fingerprint density at radius 2 is 1.82 bits per heavy atom. The van der Waals surface area contributed by atoms with E-state index in [0.717, 1.165) is 12.1 Å². The molecule has 96 valence electrons. The fourth-order valence-corrected chi connectivity index (χ4v) is 1.99. The van der Waals surface area contributed by atoms with E-state index in [4.69, 9.17) is 5.11 Å². The van der Waals surface area contributed by atoms with Gasteiger partial charge >= 0.3 is 5.76 Å². The van der Waals surface area contributed by atoms with Crippen LogP contribution in [0.25, 0.3) is 0 Å². The van der Waals surface area contributed by atoms with Crippen molar-refractivity contribution in [3.63, 3.8) is 0 Å². The lowest BCUT2D eigenvalue weighted by Crippen LogP contribution is -2.21. The number of anilines is 1. The van der Waals surface area contributed by atoms with Crippen molar-refractivity contribution in [3.8, 4) is 0 Å². The zero-order valence-electron chi connectivity index (χ0n) is 9.18. The lowest BCUT2D eigenvalue weighted by Gasteiger charge is -2.17. The number of likely N-dealkylation sites (N-methyl/N-ethyl adjacent to an activating group) is 1. The quantitative estimate of drug-likeness (QED) is 0.866. The Morgan fingerprint density at radius 1 is 1.29 bits per heavy atom. The average Bonchev–Trinajstić information content (AvgIpc) is 2.29. The number of rotatable bonds is 5. The van der Waals surface area contributed by atoms with Crippen molar-refractivity contribution in [3.05, 3.63) is 24.3 Å². The maximum absolute atomic E-state index is 12.2. The minimum absolute atomic E-state index is 0.0480. The average molecular weight is 265 g/mol. The van der Waals surface area contributed by atoms with Gasteiger partial charge in [-0.3, -0.25) is 0 Å². The summed E-state index contributed by atoms with van der Waals surface area (Å²) in [6.07, 6.45) is 0. The SMILES string of the molecule is CN(CCO)c1ccc(S(=O)(=O)C(F)F)cc1. The Bertz CT molecular complexity index is 459. The number of alkyl halides is 2. The number of halogens is 2. The number of hydrogen-bond acceptors (Lipinski definition) is 4. The molecule has 0 heterocycles. The van der Waals surface area contributed by atoms with E-state index >= 15 is 0 Å². The Hall–Kier alpha value is -1.21. The molecule has 0 saturated heterocycles. The normalized spacial score (nSPS) is 11.8. The van der Waals surface area contributed by atoms with Gasteiger partial charge in [-0.25, -0.2) is 8.42 Å². The first kappa shape index (κ1) is 13.9. The predicted octanol–water partition coefficient (Wildman–Crippen LogP) is 1.11. The number of nitrogens with zero attached hydrogens (tertiary/aromatic N) is 1. The van der Waals surface area contributed by atoms with Crippen LogP contribution < -0.4 is 4.90 Å². The minimum Gasteiger partial charge on any atom is -0.395 e. The van der Waals surface area contributed by atoms with Crippen LogP contribution in [0.15, 0.2) is 29.2 Å². The maximum Gasteiger partial charge on any atom is 0.341 e. The second-order valence-electron chi connectivity index (χ2n) is 3.44. The van der Waals surface area contributed by atoms with Crippen molar-refractivity contribution in [1.82, 2.24) is 0 Å². The van der Waals surface area contributed by atoms with Gasteiger partial charge in [-0.2, -0.15) is 8.78 Å². The highest BCUT2D eigenvalue weighted by molar-refractivity contribution is 7.91. The number of sulfone groups is 1. The highest BCUT2D eigenvalue weighted by Crippen LogP contribution is 2.21. The summed E-state index contributed by atoms with van der Waals surface area (Å²) in [5.74, 6) is -3.41. The largest absolute Gasteiger partial charge is 0.395 e. The van der Waals surface area contributed by atoms with Gasteiger partial charge in [0.05, 0.1) is 11.5 Å². The van der Waals surface area contributed by atoms with Gasteiger partial charge in [0.2, 0.25) is 9.84 Å². The molecule has 0 aliphatic rings. The van der Waals surface area contributed by atoms with E-state index in [2.05, 4.69) is 0 Å². The number of aliphatic hydroxyl groups excluding tert-OH is 1. The summed E-state index contributed by atoms with van der Waals surface area (Å²) in [4.78, 5) is 1.27. The molecule has 0 radical (unpaired) electrons. The van der Waals surface area contributed by atoms with Crippen molar-refractivity contribution in [2.24, 2.45) is 0 Å². The predicted molar refractivity (Wildman–Crippen MR) is 60.0 cm³/mol. The number of benzene rings is 1. The topological polar surface area (TPSA) is 57.6 Å². The Labute approximate surface area is 98.4 Å². The highest BCUT2D eigenvalue weighted by Gasteiger charge is 2.26. The third-order valence-corrected chi connectivity index (χ3v) is 3.67. The Morgan fingerprint density at radius 3 is 2.24 bits per heavy atom. The molecule has 1 N–H and O–H groups in total. The molecule has 0 aromatic heterocycles. The van der Waals surface area contributed by atoms with Gasteiger partial charge in [0.25, 0.3) is 0 Å². The third kappa shape index (κ3) is 3.13. The maximum atomic E-state index is 12.2. The van der Waals surface area contributed by atoms with Crippen LogP contribution in [-0.4, -0.2) is 39.5 Å². The van der Waals surface area contributed by atoms with E-state index in [9.17, 15) is 17.2 Å². The lowest BCUT2D eigenvalue weighted by molar-refractivity contribution is 0.234. The molecular formula is C10H13F2NO3S. The molecule has 4 nitrogen and oxygen atoms in total. The molecule has 1 aromatic rings. The second-order valence-corrected chi connectivity index (χ2v) is 5.36. The molecule has 0 amide bonds. The molecule has 17 heavy (non-hydrogen) atoms. The van der Waals surface area contributed by atoms with Crippen LogP contribution in [-0.2, 0) is 9.84 Å². The third-order valence-electron chi connectivity index (χ3n) is 2.28. The van der Waals surface area contributed by atoms with E-state index < -0.39 is 20.5 Å². The second kappa shape index (κ2) is 5.42. The summed E-state index contributed by atoms with van der Waals surface area (Å²) < 4.78 is 46.8. The van der Waals surface area contributed by atoms with Crippen LogP contribution in [0, 0.1) is 0 Å². The molecule has 0 bridgehead atoms. The first-order valence-corrected chi connectivity index (χ1v) is 6.38. The molecule has 0 spiro atoms. The molecule has 0 atom stereocenters. The molecule has 7 heteroatoms. The van der Waals surface area contributed by atoms with Crippen LogP contribution >= 0.6 is 0 Å². The van der Waals surface area contributed by atoms with Crippen molar-refractivity contribution in [2.45, 2.75) is 10.7 Å². The lowest BCUT2D eigenvalue weighted by atomic mass is 10.3. The zero-order valence-corrected chi connectivity index (χ0v) is 9.99. The van der Waals surface area contributed by atoms with Crippen molar-refractivity contribution >= 4 is 15.5 Å². The fraction of sp³-hybridized carbons (Fsp3) is 0.400. The van der Waals surface area contributed by atoms with Crippen LogP contribution in [0.1, 0.15) is 0 Å².